The molecule has 2 aliphatic heterocycles. The fraction of sp³-hybridized carbons (Fsp3) is 0.412. The van der Waals surface area contributed by atoms with Gasteiger partial charge in [0.1, 0.15) is 5.82 Å². The summed E-state index contributed by atoms with van der Waals surface area (Å²) in [6.07, 6.45) is 3.37. The lowest BCUT2D eigenvalue weighted by atomic mass is 10.0. The van der Waals surface area contributed by atoms with Crippen LogP contribution in [0.1, 0.15) is 12.8 Å². The monoisotopic (exact) mass is 380 g/mol. The third kappa shape index (κ3) is 3.82. The van der Waals surface area contributed by atoms with Crippen molar-refractivity contribution in [2.24, 2.45) is 0 Å². The fourth-order valence-electron chi connectivity index (χ4n) is 3.18. The summed E-state index contributed by atoms with van der Waals surface area (Å²) in [5.74, 6) is 0.979. The third-order valence-corrected chi connectivity index (χ3v) is 4.84. The van der Waals surface area contributed by atoms with Crippen molar-refractivity contribution in [3.8, 4) is 0 Å². The molecule has 0 unspecified atom stereocenters. The molecule has 0 saturated carbocycles. The van der Waals surface area contributed by atoms with Gasteiger partial charge in [-0.15, -0.1) is 0 Å². The zero-order valence-corrected chi connectivity index (χ0v) is 15.1. The predicted octanol–water partition coefficient (Wildman–Crippen LogP) is 3.87. The molecular formula is C17H18Cl2N4O2. The van der Waals surface area contributed by atoms with Gasteiger partial charge in [-0.25, -0.2) is 4.98 Å². The van der Waals surface area contributed by atoms with Crippen LogP contribution in [0.15, 0.2) is 30.5 Å². The Bertz CT molecular complexity index is 738. The summed E-state index contributed by atoms with van der Waals surface area (Å²) < 4.78 is 11.5. The number of ether oxygens (including phenoxy) is 2. The largest absolute Gasteiger partial charge is 0.347 e. The zero-order valence-electron chi connectivity index (χ0n) is 13.5. The lowest BCUT2D eigenvalue weighted by Gasteiger charge is -2.37. The Morgan fingerprint density at radius 1 is 1.04 bits per heavy atom. The summed E-state index contributed by atoms with van der Waals surface area (Å²) in [5, 5.41) is 4.36. The fourth-order valence-corrected chi connectivity index (χ4v) is 3.70. The second kappa shape index (κ2) is 6.96. The van der Waals surface area contributed by atoms with Crippen molar-refractivity contribution in [1.29, 1.82) is 0 Å². The Morgan fingerprint density at radius 2 is 1.72 bits per heavy atom. The molecule has 8 heteroatoms. The van der Waals surface area contributed by atoms with E-state index in [1.54, 1.807) is 24.4 Å². The number of halogens is 2. The van der Waals surface area contributed by atoms with Crippen molar-refractivity contribution in [1.82, 2.24) is 9.97 Å². The van der Waals surface area contributed by atoms with E-state index in [0.717, 1.165) is 31.6 Å². The van der Waals surface area contributed by atoms with E-state index >= 15 is 0 Å². The highest BCUT2D eigenvalue weighted by atomic mass is 35.5. The molecule has 2 saturated heterocycles. The molecule has 1 spiro atoms. The van der Waals surface area contributed by atoms with Crippen LogP contribution in [0.5, 0.6) is 0 Å². The smallest absolute Gasteiger partial charge is 0.227 e. The average Bonchev–Trinajstić information content (AvgIpc) is 3.03. The van der Waals surface area contributed by atoms with Crippen molar-refractivity contribution in [2.75, 3.05) is 36.5 Å². The van der Waals surface area contributed by atoms with Crippen molar-refractivity contribution in [2.45, 2.75) is 18.6 Å². The summed E-state index contributed by atoms with van der Waals surface area (Å²) in [7, 11) is 0. The lowest BCUT2D eigenvalue weighted by Crippen LogP contribution is -2.45. The van der Waals surface area contributed by atoms with E-state index in [2.05, 4.69) is 20.2 Å². The molecule has 1 N–H and O–H groups in total. The number of nitrogens with one attached hydrogen (secondary N) is 1. The van der Waals surface area contributed by atoms with Crippen molar-refractivity contribution >= 4 is 40.7 Å². The highest BCUT2D eigenvalue weighted by Gasteiger charge is 2.40. The highest BCUT2D eigenvalue weighted by Crippen LogP contribution is 2.32. The quantitative estimate of drug-likeness (QED) is 0.871. The van der Waals surface area contributed by atoms with Crippen LogP contribution in [0, 0.1) is 0 Å². The minimum Gasteiger partial charge on any atom is -0.347 e. The Hall–Kier alpha value is -1.60. The molecule has 1 aromatic carbocycles. The molecule has 3 heterocycles. The number of benzene rings is 1. The van der Waals surface area contributed by atoms with Crippen LogP contribution in [-0.4, -0.2) is 42.1 Å². The molecule has 0 radical (unpaired) electrons. The van der Waals surface area contributed by atoms with Crippen LogP contribution >= 0.6 is 23.2 Å². The van der Waals surface area contributed by atoms with Crippen LogP contribution < -0.4 is 10.2 Å². The summed E-state index contributed by atoms with van der Waals surface area (Å²) in [6, 6.07) is 7.10. The van der Waals surface area contributed by atoms with E-state index in [1.807, 2.05) is 6.07 Å². The molecule has 2 aliphatic rings. The average molecular weight is 381 g/mol. The highest BCUT2D eigenvalue weighted by molar-refractivity contribution is 6.35. The number of piperidine rings is 1. The van der Waals surface area contributed by atoms with Gasteiger partial charge in [0.15, 0.2) is 5.79 Å². The first-order chi connectivity index (χ1) is 12.1. The predicted molar refractivity (Wildman–Crippen MR) is 97.9 cm³/mol. The second-order valence-corrected chi connectivity index (χ2v) is 6.99. The van der Waals surface area contributed by atoms with Gasteiger partial charge >= 0.3 is 0 Å². The van der Waals surface area contributed by atoms with E-state index < -0.39 is 5.79 Å². The van der Waals surface area contributed by atoms with E-state index in [0.29, 0.717) is 35.0 Å². The number of rotatable bonds is 3. The van der Waals surface area contributed by atoms with Gasteiger partial charge < -0.3 is 19.7 Å². The summed E-state index contributed by atoms with van der Waals surface area (Å²) >= 11 is 12.1. The molecule has 0 amide bonds. The molecule has 0 aliphatic carbocycles. The second-order valence-electron chi connectivity index (χ2n) is 6.12. The standard InChI is InChI=1S/C17H18Cl2N4O2/c18-12-9-13(19)11-14(10-12)21-15-1-4-20-16(22-15)23-5-2-17(3-6-23)24-7-8-25-17/h1,4,9-11H,2-3,5-8H2,(H,20,21,22). The Kier molecular flexibility index (Phi) is 4.69. The first-order valence-corrected chi connectivity index (χ1v) is 8.97. The number of anilines is 3. The van der Waals surface area contributed by atoms with Crippen molar-refractivity contribution in [3.05, 3.63) is 40.5 Å². The van der Waals surface area contributed by atoms with Crippen LogP contribution in [0.2, 0.25) is 10.0 Å². The van der Waals surface area contributed by atoms with Gasteiger partial charge in [-0.3, -0.25) is 0 Å². The van der Waals surface area contributed by atoms with Gasteiger partial charge in [-0.2, -0.15) is 4.98 Å². The number of aromatic nitrogens is 2. The molecule has 4 rings (SSSR count). The SMILES string of the molecule is Clc1cc(Cl)cc(Nc2ccnc(N3CCC4(CC3)OCCO4)n2)c1. The van der Waals surface area contributed by atoms with Crippen molar-refractivity contribution < 1.29 is 9.47 Å². The Balaban J connectivity index is 1.46. The van der Waals surface area contributed by atoms with Crippen LogP contribution in [0.25, 0.3) is 0 Å². The summed E-state index contributed by atoms with van der Waals surface area (Å²) in [5.41, 5.74) is 0.785. The normalized spacial score (nSPS) is 19.4. The van der Waals surface area contributed by atoms with Crippen molar-refractivity contribution in [3.63, 3.8) is 0 Å². The van der Waals surface area contributed by atoms with E-state index in [9.17, 15) is 0 Å². The first-order valence-electron chi connectivity index (χ1n) is 8.21. The van der Waals surface area contributed by atoms with Crippen LogP contribution in [0.4, 0.5) is 17.5 Å². The molecular weight excluding hydrogens is 363 g/mol. The number of nitrogens with zero attached hydrogens (tertiary/aromatic N) is 3. The van der Waals surface area contributed by atoms with Crippen LogP contribution in [-0.2, 0) is 9.47 Å². The number of hydrogen-bond acceptors (Lipinski definition) is 6. The number of hydrogen-bond donors (Lipinski definition) is 1. The molecule has 0 atom stereocenters. The maximum absolute atomic E-state index is 6.04. The summed E-state index contributed by atoms with van der Waals surface area (Å²) in [6.45, 7) is 2.95. The van der Waals surface area contributed by atoms with E-state index in [1.165, 1.54) is 0 Å². The minimum atomic E-state index is -0.399. The van der Waals surface area contributed by atoms with Gasteiger partial charge in [0, 0.05) is 47.9 Å². The maximum Gasteiger partial charge on any atom is 0.227 e. The van der Waals surface area contributed by atoms with E-state index in [4.69, 9.17) is 32.7 Å². The lowest BCUT2D eigenvalue weighted by molar-refractivity contribution is -0.169. The molecule has 6 nitrogen and oxygen atoms in total. The molecule has 2 fully saturated rings. The Morgan fingerprint density at radius 3 is 2.40 bits per heavy atom. The molecule has 2 aromatic rings. The third-order valence-electron chi connectivity index (χ3n) is 4.40. The van der Waals surface area contributed by atoms with Gasteiger partial charge in [-0.05, 0) is 24.3 Å². The van der Waals surface area contributed by atoms with Gasteiger partial charge in [0.25, 0.3) is 0 Å². The molecule has 1 aromatic heterocycles. The van der Waals surface area contributed by atoms with E-state index in [-0.39, 0.29) is 0 Å². The Labute approximate surface area is 156 Å². The van der Waals surface area contributed by atoms with Gasteiger partial charge in [0.05, 0.1) is 13.2 Å². The minimum absolute atomic E-state index is 0.399. The van der Waals surface area contributed by atoms with Gasteiger partial charge in [0.2, 0.25) is 5.95 Å². The molecule has 132 valence electrons. The summed E-state index contributed by atoms with van der Waals surface area (Å²) in [4.78, 5) is 11.1. The molecule has 0 bridgehead atoms. The first kappa shape index (κ1) is 16.8. The maximum atomic E-state index is 6.04. The molecule has 25 heavy (non-hydrogen) atoms. The van der Waals surface area contributed by atoms with Gasteiger partial charge in [-0.1, -0.05) is 23.2 Å². The topological polar surface area (TPSA) is 59.5 Å². The van der Waals surface area contributed by atoms with Crippen LogP contribution in [0.3, 0.4) is 0 Å². The zero-order chi connectivity index (χ0) is 17.3.